The van der Waals surface area contributed by atoms with E-state index in [1.807, 2.05) is 19.1 Å². The van der Waals surface area contributed by atoms with Gasteiger partial charge in [-0.25, -0.2) is 0 Å². The van der Waals surface area contributed by atoms with E-state index in [0.717, 1.165) is 11.1 Å². The van der Waals surface area contributed by atoms with E-state index in [1.165, 1.54) is 7.11 Å². The summed E-state index contributed by atoms with van der Waals surface area (Å²) in [4.78, 5) is 11.1. The number of aryl methyl sites for hydroxylation is 1. The van der Waals surface area contributed by atoms with Crippen LogP contribution >= 0.6 is 0 Å². The standard InChI is InChI=1S/C11H16N2O2/c1-7-5-9(12)4-3-8(7)6-10(13)11(14)15-2/h3-5,10H,6,12-13H2,1-2H3/t10-/m0/s1. The van der Waals surface area contributed by atoms with Gasteiger partial charge >= 0.3 is 5.97 Å². The largest absolute Gasteiger partial charge is 0.468 e. The number of benzene rings is 1. The van der Waals surface area contributed by atoms with Crippen LogP contribution in [0, 0.1) is 6.92 Å². The van der Waals surface area contributed by atoms with Crippen molar-refractivity contribution in [1.29, 1.82) is 0 Å². The van der Waals surface area contributed by atoms with Gasteiger partial charge in [-0.2, -0.15) is 0 Å². The van der Waals surface area contributed by atoms with Gasteiger partial charge in [-0.1, -0.05) is 6.07 Å². The maximum Gasteiger partial charge on any atom is 0.322 e. The second-order valence-corrected chi connectivity index (χ2v) is 3.52. The number of carbonyl (C=O) groups excluding carboxylic acids is 1. The first-order valence-electron chi connectivity index (χ1n) is 4.73. The van der Waals surface area contributed by atoms with Gasteiger partial charge in [0.2, 0.25) is 0 Å². The Hall–Kier alpha value is -1.55. The third kappa shape index (κ3) is 2.95. The predicted octanol–water partition coefficient (Wildman–Crippen LogP) is 0.620. The summed E-state index contributed by atoms with van der Waals surface area (Å²) in [6.45, 7) is 1.94. The topological polar surface area (TPSA) is 78.3 Å². The van der Waals surface area contributed by atoms with Crippen molar-refractivity contribution in [3.8, 4) is 0 Å². The van der Waals surface area contributed by atoms with E-state index in [2.05, 4.69) is 4.74 Å². The first-order chi connectivity index (χ1) is 7.04. The number of esters is 1. The molecular formula is C11H16N2O2. The molecule has 0 bridgehead atoms. The molecule has 0 saturated heterocycles. The molecule has 4 heteroatoms. The fraction of sp³-hybridized carbons (Fsp3) is 0.364. The van der Waals surface area contributed by atoms with Crippen LogP contribution in [-0.2, 0) is 16.0 Å². The van der Waals surface area contributed by atoms with Gasteiger partial charge in [0, 0.05) is 5.69 Å². The summed E-state index contributed by atoms with van der Waals surface area (Å²) in [6.07, 6.45) is 0.471. The molecule has 0 aromatic heterocycles. The molecule has 1 atom stereocenters. The molecular weight excluding hydrogens is 192 g/mol. The molecule has 4 N–H and O–H groups in total. The van der Waals surface area contributed by atoms with Crippen LogP contribution in [0.3, 0.4) is 0 Å². The zero-order valence-electron chi connectivity index (χ0n) is 8.99. The van der Waals surface area contributed by atoms with Crippen molar-refractivity contribution < 1.29 is 9.53 Å². The van der Waals surface area contributed by atoms with Crippen LogP contribution in [0.25, 0.3) is 0 Å². The molecule has 0 spiro atoms. The second kappa shape index (κ2) is 4.79. The van der Waals surface area contributed by atoms with E-state index in [0.29, 0.717) is 12.1 Å². The van der Waals surface area contributed by atoms with E-state index in [4.69, 9.17) is 11.5 Å². The molecule has 0 amide bonds. The van der Waals surface area contributed by atoms with Crippen LogP contribution in [0.4, 0.5) is 5.69 Å². The first-order valence-corrected chi connectivity index (χ1v) is 4.73. The highest BCUT2D eigenvalue weighted by Crippen LogP contribution is 2.14. The van der Waals surface area contributed by atoms with Crippen LogP contribution in [0.1, 0.15) is 11.1 Å². The van der Waals surface area contributed by atoms with E-state index in [-0.39, 0.29) is 0 Å². The van der Waals surface area contributed by atoms with Gasteiger partial charge in [0.1, 0.15) is 6.04 Å². The van der Waals surface area contributed by atoms with Crippen LogP contribution < -0.4 is 11.5 Å². The highest BCUT2D eigenvalue weighted by molar-refractivity contribution is 5.75. The Balaban J connectivity index is 2.76. The quantitative estimate of drug-likeness (QED) is 0.564. The van der Waals surface area contributed by atoms with Crippen LogP contribution in [-0.4, -0.2) is 19.1 Å². The van der Waals surface area contributed by atoms with Gasteiger partial charge in [-0.3, -0.25) is 4.79 Å². The smallest absolute Gasteiger partial charge is 0.322 e. The number of hydrogen-bond donors (Lipinski definition) is 2. The summed E-state index contributed by atoms with van der Waals surface area (Å²) in [5.41, 5.74) is 14.0. The molecule has 4 nitrogen and oxygen atoms in total. The monoisotopic (exact) mass is 208 g/mol. The highest BCUT2D eigenvalue weighted by Gasteiger charge is 2.15. The van der Waals surface area contributed by atoms with E-state index in [9.17, 15) is 4.79 Å². The molecule has 1 aromatic rings. The lowest BCUT2D eigenvalue weighted by Crippen LogP contribution is -2.33. The van der Waals surface area contributed by atoms with Crippen molar-refractivity contribution in [3.63, 3.8) is 0 Å². The second-order valence-electron chi connectivity index (χ2n) is 3.52. The summed E-state index contributed by atoms with van der Waals surface area (Å²) in [5.74, 6) is -0.397. The van der Waals surface area contributed by atoms with Gasteiger partial charge in [0.25, 0.3) is 0 Å². The third-order valence-electron chi connectivity index (χ3n) is 2.31. The van der Waals surface area contributed by atoms with Crippen molar-refractivity contribution in [2.75, 3.05) is 12.8 Å². The van der Waals surface area contributed by atoms with Crippen LogP contribution in [0.15, 0.2) is 18.2 Å². The number of anilines is 1. The number of hydrogen-bond acceptors (Lipinski definition) is 4. The summed E-state index contributed by atoms with van der Waals surface area (Å²) in [6, 6.07) is 4.93. The maximum atomic E-state index is 11.1. The summed E-state index contributed by atoms with van der Waals surface area (Å²) in [5, 5.41) is 0. The highest BCUT2D eigenvalue weighted by atomic mass is 16.5. The minimum Gasteiger partial charge on any atom is -0.468 e. The molecule has 0 aliphatic carbocycles. The lowest BCUT2D eigenvalue weighted by atomic mass is 10.0. The minimum absolute atomic E-state index is 0.397. The average Bonchev–Trinajstić information content (AvgIpc) is 2.20. The Morgan fingerprint density at radius 3 is 2.73 bits per heavy atom. The molecule has 0 fully saturated rings. The average molecular weight is 208 g/mol. The molecule has 0 aliphatic heterocycles. The van der Waals surface area contributed by atoms with Crippen molar-refractivity contribution in [2.24, 2.45) is 5.73 Å². The number of rotatable bonds is 3. The van der Waals surface area contributed by atoms with Crippen molar-refractivity contribution in [2.45, 2.75) is 19.4 Å². The van der Waals surface area contributed by atoms with E-state index in [1.54, 1.807) is 6.07 Å². The number of ether oxygens (including phenoxy) is 1. The van der Waals surface area contributed by atoms with Crippen molar-refractivity contribution in [1.82, 2.24) is 0 Å². The zero-order valence-corrected chi connectivity index (χ0v) is 8.99. The lowest BCUT2D eigenvalue weighted by molar-refractivity contribution is -0.142. The fourth-order valence-electron chi connectivity index (χ4n) is 1.42. The van der Waals surface area contributed by atoms with Gasteiger partial charge in [0.05, 0.1) is 7.11 Å². The molecule has 0 heterocycles. The molecule has 15 heavy (non-hydrogen) atoms. The molecule has 1 rings (SSSR count). The third-order valence-corrected chi connectivity index (χ3v) is 2.31. The Bertz CT molecular complexity index is 364. The Labute approximate surface area is 89.2 Å². The van der Waals surface area contributed by atoms with E-state index < -0.39 is 12.0 Å². The van der Waals surface area contributed by atoms with Crippen molar-refractivity contribution in [3.05, 3.63) is 29.3 Å². The van der Waals surface area contributed by atoms with E-state index >= 15 is 0 Å². The molecule has 0 unspecified atom stereocenters. The normalized spacial score (nSPS) is 12.2. The first kappa shape index (κ1) is 11.5. The molecule has 0 saturated carbocycles. The van der Waals surface area contributed by atoms with Gasteiger partial charge in [0.15, 0.2) is 0 Å². The Morgan fingerprint density at radius 1 is 1.53 bits per heavy atom. The van der Waals surface area contributed by atoms with Crippen LogP contribution in [0.5, 0.6) is 0 Å². The fourth-order valence-corrected chi connectivity index (χ4v) is 1.42. The molecule has 0 radical (unpaired) electrons. The Kier molecular flexibility index (Phi) is 3.68. The maximum absolute atomic E-state index is 11.1. The molecule has 0 aliphatic rings. The number of nitrogens with two attached hydrogens (primary N) is 2. The summed E-state index contributed by atoms with van der Waals surface area (Å²) >= 11 is 0. The van der Waals surface area contributed by atoms with Gasteiger partial charge < -0.3 is 16.2 Å². The summed E-state index contributed by atoms with van der Waals surface area (Å²) < 4.78 is 4.56. The van der Waals surface area contributed by atoms with Crippen LogP contribution in [0.2, 0.25) is 0 Å². The zero-order chi connectivity index (χ0) is 11.4. The summed E-state index contributed by atoms with van der Waals surface area (Å²) in [7, 11) is 1.33. The van der Waals surface area contributed by atoms with Crippen molar-refractivity contribution >= 4 is 11.7 Å². The number of nitrogen functional groups attached to an aromatic ring is 1. The predicted molar refractivity (Wildman–Crippen MR) is 59.3 cm³/mol. The SMILES string of the molecule is COC(=O)[C@@H](N)Cc1ccc(N)cc1C. The molecule has 1 aromatic carbocycles. The van der Waals surface area contributed by atoms with Gasteiger partial charge in [-0.15, -0.1) is 0 Å². The Morgan fingerprint density at radius 2 is 2.20 bits per heavy atom. The number of methoxy groups -OCH3 is 1. The minimum atomic E-state index is -0.614. The van der Waals surface area contributed by atoms with Gasteiger partial charge in [-0.05, 0) is 36.6 Å². The molecule has 82 valence electrons. The lowest BCUT2D eigenvalue weighted by Gasteiger charge is -2.11. The number of carbonyl (C=O) groups is 1.